The number of ketones is 2. The van der Waals surface area contributed by atoms with Crippen molar-refractivity contribution < 1.29 is 19.5 Å². The van der Waals surface area contributed by atoms with Crippen molar-refractivity contribution in [2.75, 3.05) is 26.2 Å². The van der Waals surface area contributed by atoms with E-state index in [0.29, 0.717) is 39.9 Å². The van der Waals surface area contributed by atoms with Crippen molar-refractivity contribution >= 4 is 29.2 Å². The van der Waals surface area contributed by atoms with E-state index in [9.17, 15) is 30.0 Å². The lowest BCUT2D eigenvalue weighted by atomic mass is 9.86. The largest absolute Gasteiger partial charge is 0.374 e. The Hall–Kier alpha value is -5.11. The minimum Gasteiger partial charge on any atom is -0.374 e. The maximum Gasteiger partial charge on any atom is 0.179 e. The van der Waals surface area contributed by atoms with Crippen molar-refractivity contribution in [2.45, 2.75) is 70.3 Å². The van der Waals surface area contributed by atoms with Crippen LogP contribution in [0.25, 0.3) is 11.4 Å². The number of rotatable bonds is 4. The SMILES string of the molecule is C#CC(O)c1cc2c(cn1)CC(=O)C(C#N)=C2N1CCC2(CC1)CC2.N#CC1=C(N2CCC3(CC2)CC3)c2cc(C=O)ncc2CC1=O. The number of hydrogen-bond acceptors (Lipinski definition) is 10. The number of terminal acetylenes is 1. The predicted octanol–water partition coefficient (Wildman–Crippen LogP) is 4.11. The molecule has 10 nitrogen and oxygen atoms in total. The number of carbonyl (C=O) groups is 3. The van der Waals surface area contributed by atoms with Gasteiger partial charge < -0.3 is 14.9 Å². The summed E-state index contributed by atoms with van der Waals surface area (Å²) < 4.78 is 0. The van der Waals surface area contributed by atoms with Crippen LogP contribution >= 0.6 is 0 Å². The lowest BCUT2D eigenvalue weighted by molar-refractivity contribution is -0.115. The van der Waals surface area contributed by atoms with Gasteiger partial charge in [0.15, 0.2) is 24.0 Å². The molecule has 4 aliphatic carbocycles. The minimum atomic E-state index is -1.09. The van der Waals surface area contributed by atoms with Gasteiger partial charge in [0.2, 0.25) is 0 Å². The first-order valence-electron chi connectivity index (χ1n) is 16.7. The molecule has 2 aromatic rings. The standard InChI is InChI=1S/C20H19N3O2.C18H17N3O2/c1-2-17(24)16-10-14-13(12-22-16)9-18(25)15(11-21)19(14)23-7-5-20(3-4-20)6-8-23;19-9-15-16(23)7-12-10-20-13(11-22)8-14(12)17(15)21-5-3-18(1-2-18)4-6-21/h1,10,12,17,24H,3-9H2;8,10-11H,1-7H2. The van der Waals surface area contributed by atoms with Crippen LogP contribution in [0.3, 0.4) is 0 Å². The lowest BCUT2D eigenvalue weighted by Gasteiger charge is -2.37. The van der Waals surface area contributed by atoms with Gasteiger partial charge in [-0.05, 0) is 85.5 Å². The van der Waals surface area contributed by atoms with E-state index in [1.165, 1.54) is 25.7 Å². The van der Waals surface area contributed by atoms with E-state index in [4.69, 9.17) is 6.42 Å². The number of aromatic nitrogens is 2. The average Bonchev–Trinajstić information content (AvgIpc) is 4.05. The Morgan fingerprint density at radius 3 is 1.65 bits per heavy atom. The molecule has 1 N–H and O–H groups in total. The third kappa shape index (κ3) is 5.69. The summed E-state index contributed by atoms with van der Waals surface area (Å²) in [4.78, 5) is 48.4. The predicted molar refractivity (Wildman–Crippen MR) is 175 cm³/mol. The molecule has 4 fully saturated rings. The Balaban J connectivity index is 0.000000152. The van der Waals surface area contributed by atoms with Crippen molar-refractivity contribution in [3.05, 3.63) is 69.3 Å². The highest BCUT2D eigenvalue weighted by atomic mass is 16.3. The number of hydrogen-bond donors (Lipinski definition) is 1. The van der Waals surface area contributed by atoms with Crippen molar-refractivity contribution in [3.8, 4) is 24.5 Å². The number of carbonyl (C=O) groups excluding carboxylic acids is 3. The van der Waals surface area contributed by atoms with E-state index in [0.717, 1.165) is 74.1 Å². The number of piperidine rings is 2. The molecule has 1 unspecified atom stereocenters. The second kappa shape index (κ2) is 12.2. The van der Waals surface area contributed by atoms with Crippen LogP contribution < -0.4 is 0 Å². The zero-order valence-corrected chi connectivity index (χ0v) is 26.8. The van der Waals surface area contributed by atoms with Crippen molar-refractivity contribution in [1.82, 2.24) is 19.8 Å². The number of nitrogens with zero attached hydrogens (tertiary/aromatic N) is 6. The van der Waals surface area contributed by atoms with Crippen LogP contribution in [0.2, 0.25) is 0 Å². The highest BCUT2D eigenvalue weighted by molar-refractivity contribution is 6.10. The van der Waals surface area contributed by atoms with Gasteiger partial charge in [-0.25, -0.2) is 0 Å². The van der Waals surface area contributed by atoms with Crippen molar-refractivity contribution in [2.24, 2.45) is 10.8 Å². The molecular formula is C38H36N6O4. The van der Waals surface area contributed by atoms with Gasteiger partial charge in [-0.2, -0.15) is 10.5 Å². The van der Waals surface area contributed by atoms with Gasteiger partial charge in [-0.1, -0.05) is 5.92 Å². The molecule has 2 saturated heterocycles. The van der Waals surface area contributed by atoms with Gasteiger partial charge in [0.05, 0.1) is 17.1 Å². The topological polar surface area (TPSA) is 151 Å². The molecule has 0 bridgehead atoms. The van der Waals surface area contributed by atoms with Gasteiger partial charge in [-0.15, -0.1) is 6.42 Å². The molecule has 1 atom stereocenters. The molecule has 2 aromatic heterocycles. The molecular weight excluding hydrogens is 604 g/mol. The second-order valence-electron chi connectivity index (χ2n) is 14.1. The highest BCUT2D eigenvalue weighted by Gasteiger charge is 2.46. The fourth-order valence-electron chi connectivity index (χ4n) is 7.73. The van der Waals surface area contributed by atoms with Crippen LogP contribution in [-0.4, -0.2) is 68.9 Å². The second-order valence-corrected chi connectivity index (χ2v) is 14.1. The number of fused-ring (bicyclic) bond motifs is 2. The molecule has 2 aliphatic heterocycles. The van der Waals surface area contributed by atoms with Crippen LogP contribution in [0.1, 0.15) is 95.9 Å². The van der Waals surface area contributed by atoms with Crippen LogP contribution in [0.5, 0.6) is 0 Å². The zero-order chi connectivity index (χ0) is 33.6. The Morgan fingerprint density at radius 2 is 1.23 bits per heavy atom. The fraction of sp³-hybridized carbons (Fsp3) is 0.447. The van der Waals surface area contributed by atoms with Gasteiger partial charge in [0.1, 0.15) is 29.0 Å². The van der Waals surface area contributed by atoms with Gasteiger partial charge in [0.25, 0.3) is 0 Å². The maximum absolute atomic E-state index is 12.4. The first kappa shape index (κ1) is 31.5. The molecule has 0 aromatic carbocycles. The van der Waals surface area contributed by atoms with Crippen LogP contribution in [0, 0.1) is 45.8 Å². The third-order valence-corrected chi connectivity index (χ3v) is 11.2. The Bertz CT molecular complexity index is 1910. The quantitative estimate of drug-likeness (QED) is 0.382. The summed E-state index contributed by atoms with van der Waals surface area (Å²) in [6.07, 6.45) is 18.1. The van der Waals surface area contributed by atoms with E-state index in [1.54, 1.807) is 24.5 Å². The van der Waals surface area contributed by atoms with Gasteiger partial charge >= 0.3 is 0 Å². The first-order valence-corrected chi connectivity index (χ1v) is 16.7. The number of nitriles is 2. The number of Topliss-reactive ketones (excluding diaryl/α,β-unsaturated/α-hetero) is 2. The molecule has 6 aliphatic rings. The minimum absolute atomic E-state index is 0.151. The van der Waals surface area contributed by atoms with Crippen molar-refractivity contribution in [3.63, 3.8) is 0 Å². The summed E-state index contributed by atoms with van der Waals surface area (Å²) >= 11 is 0. The molecule has 2 saturated carbocycles. The normalized spacial score (nSPS) is 22.0. The number of aldehydes is 1. The summed E-state index contributed by atoms with van der Waals surface area (Å²) in [7, 11) is 0. The van der Waals surface area contributed by atoms with E-state index in [2.05, 4.69) is 37.8 Å². The molecule has 2 spiro atoms. The molecule has 8 rings (SSSR count). The number of likely N-dealkylation sites (tertiary alicyclic amines) is 2. The number of aliphatic hydroxyl groups excluding tert-OH is 1. The Kier molecular flexibility index (Phi) is 7.98. The van der Waals surface area contributed by atoms with Gasteiger partial charge in [0, 0.05) is 62.5 Å². The molecule has 0 amide bonds. The molecule has 0 radical (unpaired) electrons. The van der Waals surface area contributed by atoms with Crippen molar-refractivity contribution in [1.29, 1.82) is 10.5 Å². The van der Waals surface area contributed by atoms with Crippen LogP contribution in [0.15, 0.2) is 35.7 Å². The monoisotopic (exact) mass is 640 g/mol. The summed E-state index contributed by atoms with van der Waals surface area (Å²) in [5.74, 6) is 1.95. The molecule has 10 heteroatoms. The summed E-state index contributed by atoms with van der Waals surface area (Å²) in [5, 5.41) is 29.0. The van der Waals surface area contributed by atoms with Gasteiger partial charge in [-0.3, -0.25) is 24.4 Å². The number of aliphatic hydroxyl groups is 1. The van der Waals surface area contributed by atoms with Crippen LogP contribution in [0.4, 0.5) is 0 Å². The number of pyridine rings is 2. The fourth-order valence-corrected chi connectivity index (χ4v) is 7.73. The molecule has 48 heavy (non-hydrogen) atoms. The number of allylic oxidation sites excluding steroid dienone is 2. The van der Waals surface area contributed by atoms with E-state index < -0.39 is 6.10 Å². The Morgan fingerprint density at radius 1 is 0.771 bits per heavy atom. The highest BCUT2D eigenvalue weighted by Crippen LogP contribution is 2.55. The van der Waals surface area contributed by atoms with E-state index in [1.807, 2.05) is 0 Å². The van der Waals surface area contributed by atoms with E-state index >= 15 is 0 Å². The summed E-state index contributed by atoms with van der Waals surface area (Å²) in [6.45, 7) is 3.43. The molecule has 242 valence electrons. The van der Waals surface area contributed by atoms with E-state index in [-0.39, 0.29) is 35.6 Å². The summed E-state index contributed by atoms with van der Waals surface area (Å²) in [6, 6.07) is 7.65. The summed E-state index contributed by atoms with van der Waals surface area (Å²) in [5.41, 5.74) is 6.82. The van der Waals surface area contributed by atoms with Crippen LogP contribution in [-0.2, 0) is 22.4 Å². The maximum atomic E-state index is 12.4. The lowest BCUT2D eigenvalue weighted by Crippen LogP contribution is -2.36. The molecule has 4 heterocycles. The average molecular weight is 641 g/mol. The third-order valence-electron chi connectivity index (χ3n) is 11.2. The first-order chi connectivity index (χ1) is 23.2. The smallest absolute Gasteiger partial charge is 0.179 e. The Labute approximate surface area is 279 Å². The zero-order valence-electron chi connectivity index (χ0n) is 26.8.